The first kappa shape index (κ1) is 8.95. The van der Waals surface area contributed by atoms with Gasteiger partial charge in [0, 0.05) is 22.4 Å². The molecule has 0 aliphatic carbocycles. The third kappa shape index (κ3) is 1.83. The average Bonchev–Trinajstić information content (AvgIpc) is 2.28. The Hall–Kier alpha value is -0.630. The first-order valence-corrected chi connectivity index (χ1v) is 5.65. The first-order chi connectivity index (χ1) is 6.27. The first-order valence-electron chi connectivity index (χ1n) is 4.77. The minimum atomic E-state index is 0.705. The van der Waals surface area contributed by atoms with Gasteiger partial charge in [-0.1, -0.05) is 26.0 Å². The fourth-order valence-corrected chi connectivity index (χ4v) is 2.62. The summed E-state index contributed by atoms with van der Waals surface area (Å²) >= 11 is 1.98. The molecular formula is C11H15NS. The minimum absolute atomic E-state index is 0.705. The molecule has 1 aromatic carbocycles. The number of nitrogens with one attached hydrogen (secondary N) is 1. The van der Waals surface area contributed by atoms with E-state index in [2.05, 4.69) is 43.4 Å². The molecule has 0 bridgehead atoms. The summed E-state index contributed by atoms with van der Waals surface area (Å²) in [4.78, 5) is 1.39. The van der Waals surface area contributed by atoms with E-state index in [0.717, 1.165) is 12.5 Å². The molecule has 2 unspecified atom stereocenters. The van der Waals surface area contributed by atoms with E-state index in [4.69, 9.17) is 0 Å². The van der Waals surface area contributed by atoms with Crippen molar-refractivity contribution in [2.45, 2.75) is 24.0 Å². The smallest absolute Gasteiger partial charge is 0.0478 e. The summed E-state index contributed by atoms with van der Waals surface area (Å²) in [5.41, 5.74) is 1.30. The third-order valence-electron chi connectivity index (χ3n) is 2.62. The number of hydrogen-bond acceptors (Lipinski definition) is 2. The molecule has 70 valence electrons. The van der Waals surface area contributed by atoms with Gasteiger partial charge in [0.25, 0.3) is 0 Å². The second-order valence-corrected chi connectivity index (χ2v) is 5.10. The Kier molecular flexibility index (Phi) is 2.49. The Morgan fingerprint density at radius 1 is 1.31 bits per heavy atom. The van der Waals surface area contributed by atoms with Crippen LogP contribution >= 0.6 is 11.8 Å². The Morgan fingerprint density at radius 3 is 2.92 bits per heavy atom. The van der Waals surface area contributed by atoms with E-state index in [9.17, 15) is 0 Å². The Morgan fingerprint density at radius 2 is 2.08 bits per heavy atom. The van der Waals surface area contributed by atoms with Gasteiger partial charge in [-0.3, -0.25) is 0 Å². The summed E-state index contributed by atoms with van der Waals surface area (Å²) in [6, 6.07) is 8.55. The topological polar surface area (TPSA) is 12.0 Å². The highest BCUT2D eigenvalue weighted by Crippen LogP contribution is 2.36. The number of thioether (sulfide) groups is 1. The maximum absolute atomic E-state index is 3.48. The molecule has 1 heterocycles. The molecule has 2 atom stereocenters. The molecule has 2 rings (SSSR count). The molecule has 0 spiro atoms. The van der Waals surface area contributed by atoms with Crippen LogP contribution in [0.5, 0.6) is 0 Å². The van der Waals surface area contributed by atoms with Crippen LogP contribution in [0.15, 0.2) is 29.2 Å². The molecule has 0 amide bonds. The van der Waals surface area contributed by atoms with Crippen LogP contribution in [0, 0.1) is 5.92 Å². The second-order valence-electron chi connectivity index (χ2n) is 3.68. The lowest BCUT2D eigenvalue weighted by Gasteiger charge is -2.14. The number of benzene rings is 1. The highest BCUT2D eigenvalue weighted by molar-refractivity contribution is 8.00. The van der Waals surface area contributed by atoms with Crippen LogP contribution in [0.25, 0.3) is 0 Å². The van der Waals surface area contributed by atoms with Crippen LogP contribution in [0.3, 0.4) is 0 Å². The number of hydrogen-bond donors (Lipinski definition) is 1. The lowest BCUT2D eigenvalue weighted by atomic mass is 10.1. The van der Waals surface area contributed by atoms with Crippen molar-refractivity contribution in [3.63, 3.8) is 0 Å². The standard InChI is InChI=1S/C11H15NS/c1-8-7-12-10-5-3-4-6-11(10)13-9(8)2/h3-6,8-9,12H,7H2,1-2H3. The van der Waals surface area contributed by atoms with E-state index in [1.54, 1.807) is 0 Å². The van der Waals surface area contributed by atoms with Gasteiger partial charge in [-0.15, -0.1) is 11.8 Å². The molecule has 1 N–H and O–H groups in total. The summed E-state index contributed by atoms with van der Waals surface area (Å²) < 4.78 is 0. The summed E-state index contributed by atoms with van der Waals surface area (Å²) in [5, 5.41) is 4.19. The summed E-state index contributed by atoms with van der Waals surface area (Å²) in [6.45, 7) is 5.70. The van der Waals surface area contributed by atoms with Gasteiger partial charge in [-0.25, -0.2) is 0 Å². The van der Waals surface area contributed by atoms with Crippen LogP contribution in [0.4, 0.5) is 5.69 Å². The lowest BCUT2D eigenvalue weighted by Crippen LogP contribution is -2.17. The Labute approximate surface area is 83.9 Å². The molecule has 0 saturated heterocycles. The summed E-state index contributed by atoms with van der Waals surface area (Å²) in [5.74, 6) is 0.734. The monoisotopic (exact) mass is 193 g/mol. The molecule has 0 fully saturated rings. The van der Waals surface area contributed by atoms with Crippen molar-refractivity contribution in [3.8, 4) is 0 Å². The van der Waals surface area contributed by atoms with Gasteiger partial charge in [0.2, 0.25) is 0 Å². The van der Waals surface area contributed by atoms with E-state index in [1.807, 2.05) is 11.8 Å². The van der Waals surface area contributed by atoms with Crippen molar-refractivity contribution in [1.29, 1.82) is 0 Å². The highest BCUT2D eigenvalue weighted by Gasteiger charge is 2.18. The molecule has 2 heteroatoms. The van der Waals surface area contributed by atoms with Gasteiger partial charge in [0.05, 0.1) is 0 Å². The molecule has 0 radical (unpaired) electrons. The quantitative estimate of drug-likeness (QED) is 0.679. The van der Waals surface area contributed by atoms with Crippen LogP contribution in [0.2, 0.25) is 0 Å². The van der Waals surface area contributed by atoms with Crippen molar-refractivity contribution in [1.82, 2.24) is 0 Å². The number of rotatable bonds is 0. The molecule has 0 aromatic heterocycles. The van der Waals surface area contributed by atoms with Crippen molar-refractivity contribution in [3.05, 3.63) is 24.3 Å². The molecule has 1 aliphatic heterocycles. The Bertz CT molecular complexity index is 298. The number of para-hydroxylation sites is 1. The van der Waals surface area contributed by atoms with Crippen LogP contribution < -0.4 is 5.32 Å². The maximum Gasteiger partial charge on any atom is 0.0478 e. The summed E-state index contributed by atoms with van der Waals surface area (Å²) in [6.07, 6.45) is 0. The van der Waals surface area contributed by atoms with Crippen molar-refractivity contribution >= 4 is 17.4 Å². The number of fused-ring (bicyclic) bond motifs is 1. The summed E-state index contributed by atoms with van der Waals surface area (Å²) in [7, 11) is 0. The fraction of sp³-hybridized carbons (Fsp3) is 0.455. The van der Waals surface area contributed by atoms with E-state index < -0.39 is 0 Å². The molecule has 1 nitrogen and oxygen atoms in total. The second kappa shape index (κ2) is 3.62. The van der Waals surface area contributed by atoms with Gasteiger partial charge < -0.3 is 5.32 Å². The zero-order valence-electron chi connectivity index (χ0n) is 8.08. The van der Waals surface area contributed by atoms with Crippen LogP contribution in [-0.2, 0) is 0 Å². The molecule has 0 saturated carbocycles. The lowest BCUT2D eigenvalue weighted by molar-refractivity contribution is 0.612. The normalized spacial score (nSPS) is 27.2. The van der Waals surface area contributed by atoms with E-state index in [0.29, 0.717) is 5.25 Å². The van der Waals surface area contributed by atoms with Gasteiger partial charge >= 0.3 is 0 Å². The zero-order chi connectivity index (χ0) is 9.26. The highest BCUT2D eigenvalue weighted by atomic mass is 32.2. The van der Waals surface area contributed by atoms with Gasteiger partial charge in [-0.05, 0) is 18.1 Å². The fourth-order valence-electron chi connectivity index (χ4n) is 1.47. The number of anilines is 1. The van der Waals surface area contributed by atoms with Gasteiger partial charge in [0.1, 0.15) is 0 Å². The molecular weight excluding hydrogens is 178 g/mol. The largest absolute Gasteiger partial charge is 0.384 e. The van der Waals surface area contributed by atoms with E-state index in [-0.39, 0.29) is 0 Å². The maximum atomic E-state index is 3.48. The third-order valence-corrected chi connectivity index (χ3v) is 4.06. The van der Waals surface area contributed by atoms with Crippen LogP contribution in [0.1, 0.15) is 13.8 Å². The molecule has 1 aromatic rings. The van der Waals surface area contributed by atoms with Crippen molar-refractivity contribution in [2.75, 3.05) is 11.9 Å². The Balaban J connectivity index is 2.29. The van der Waals surface area contributed by atoms with Gasteiger partial charge in [0.15, 0.2) is 0 Å². The van der Waals surface area contributed by atoms with Gasteiger partial charge in [-0.2, -0.15) is 0 Å². The average molecular weight is 193 g/mol. The van der Waals surface area contributed by atoms with Crippen LogP contribution in [-0.4, -0.2) is 11.8 Å². The zero-order valence-corrected chi connectivity index (χ0v) is 8.90. The van der Waals surface area contributed by atoms with E-state index in [1.165, 1.54) is 10.6 Å². The molecule has 13 heavy (non-hydrogen) atoms. The predicted molar refractivity (Wildman–Crippen MR) is 59.4 cm³/mol. The van der Waals surface area contributed by atoms with Crippen molar-refractivity contribution in [2.24, 2.45) is 5.92 Å². The minimum Gasteiger partial charge on any atom is -0.384 e. The molecule has 1 aliphatic rings. The van der Waals surface area contributed by atoms with E-state index >= 15 is 0 Å². The van der Waals surface area contributed by atoms with Crippen molar-refractivity contribution < 1.29 is 0 Å². The predicted octanol–water partition coefficient (Wildman–Crippen LogP) is 3.23. The SMILES string of the molecule is CC1CNc2ccccc2SC1C.